The molecule has 0 bridgehead atoms. The Balaban J connectivity index is 0.000000216. The summed E-state index contributed by atoms with van der Waals surface area (Å²) in [5.41, 5.74) is -2.59. The van der Waals surface area contributed by atoms with Gasteiger partial charge in [-0.05, 0) is 86.5 Å². The molecule has 2 aromatic rings. The molecule has 1 aliphatic heterocycles. The molecule has 2 aromatic carbocycles. The van der Waals surface area contributed by atoms with Crippen LogP contribution >= 0.6 is 0 Å². The molecule has 0 radical (unpaired) electrons. The summed E-state index contributed by atoms with van der Waals surface area (Å²) < 4.78 is 86.9. The average molecular weight is 548 g/mol. The Morgan fingerprint density at radius 1 is 1.00 bits per heavy atom. The minimum absolute atomic E-state index is 0.00565. The topological polar surface area (TPSA) is 70.6 Å². The van der Waals surface area contributed by atoms with Crippen LogP contribution < -0.4 is 10.6 Å². The number of hydrogen-bond acceptors (Lipinski definition) is 4. The van der Waals surface area contributed by atoms with Gasteiger partial charge in [0, 0.05) is 6.04 Å². The first kappa shape index (κ1) is 29.5. The van der Waals surface area contributed by atoms with Crippen molar-refractivity contribution in [2.75, 3.05) is 7.05 Å². The van der Waals surface area contributed by atoms with Gasteiger partial charge in [-0.25, -0.2) is 4.39 Å². The number of amides is 1. The quantitative estimate of drug-likeness (QED) is 0.329. The van der Waals surface area contributed by atoms with E-state index in [4.69, 9.17) is 0 Å². The highest BCUT2D eigenvalue weighted by molar-refractivity contribution is 5.88. The van der Waals surface area contributed by atoms with Gasteiger partial charge in [0.2, 0.25) is 5.91 Å². The lowest BCUT2D eigenvalue weighted by Gasteiger charge is -2.27. The van der Waals surface area contributed by atoms with Crippen LogP contribution in [0.5, 0.6) is 0 Å². The third kappa shape index (κ3) is 6.89. The van der Waals surface area contributed by atoms with E-state index in [1.807, 2.05) is 26.1 Å². The number of hydrogen-bond donors (Lipinski definition) is 2. The smallest absolute Gasteiger partial charge is 0.351 e. The van der Waals surface area contributed by atoms with Gasteiger partial charge in [0.25, 0.3) is 0 Å². The second kappa shape index (κ2) is 11.4. The number of halogens is 7. The summed E-state index contributed by atoms with van der Waals surface area (Å²) in [4.78, 5) is 22.0. The van der Waals surface area contributed by atoms with E-state index < -0.39 is 41.1 Å². The van der Waals surface area contributed by atoms with Gasteiger partial charge in [0.05, 0.1) is 16.7 Å². The van der Waals surface area contributed by atoms with Crippen molar-refractivity contribution >= 4 is 5.91 Å². The maximum absolute atomic E-state index is 13.1. The van der Waals surface area contributed by atoms with E-state index in [9.17, 15) is 40.4 Å². The predicted octanol–water partition coefficient (Wildman–Crippen LogP) is 6.57. The largest absolute Gasteiger partial charge is 0.416 e. The third-order valence-electron chi connectivity index (χ3n) is 7.28. The van der Waals surface area contributed by atoms with Crippen molar-refractivity contribution in [3.63, 3.8) is 0 Å². The lowest BCUT2D eigenvalue weighted by atomic mass is 9.81. The second-order valence-corrected chi connectivity index (χ2v) is 9.82. The summed E-state index contributed by atoms with van der Waals surface area (Å²) in [6.45, 7) is 1.22. The standard InChI is InChI=1S/C17H23FN2O.C9H5F6NO/c1-17(19-2)10-15(20-16(17)21)14-5-3-4-13(14)11-6-8-12(18)9-7-11;10-8(11,12)6-1-5(4-16-17)2-7(3-6)9(13,14)15/h6-9,13-15,19H,3-5,10H2,1-2H3,(H,20,21);1-3H,4H2/t13?,14?,15-,17-;/m1./s1. The molecule has 1 saturated carbocycles. The highest BCUT2D eigenvalue weighted by Gasteiger charge is 2.47. The van der Waals surface area contributed by atoms with Crippen molar-refractivity contribution < 1.29 is 35.5 Å². The molecule has 1 saturated heterocycles. The number of nitrogens with zero attached hydrogens (tertiary/aromatic N) is 1. The molecular weight excluding hydrogens is 519 g/mol. The number of rotatable bonds is 5. The number of carbonyl (C=O) groups excluding carboxylic acids is 1. The Kier molecular flexibility index (Phi) is 8.85. The molecule has 1 heterocycles. The molecule has 2 fully saturated rings. The third-order valence-corrected chi connectivity index (χ3v) is 7.28. The van der Waals surface area contributed by atoms with Crippen LogP contribution in [0.1, 0.15) is 60.8 Å². The van der Waals surface area contributed by atoms with E-state index in [0.29, 0.717) is 24.0 Å². The number of carbonyl (C=O) groups is 1. The Morgan fingerprint density at radius 2 is 1.58 bits per heavy atom. The molecule has 5 nitrogen and oxygen atoms in total. The first-order valence-corrected chi connectivity index (χ1v) is 12.0. The zero-order valence-electron chi connectivity index (χ0n) is 20.7. The molecule has 208 valence electrons. The normalized spacial score (nSPS) is 25.5. The lowest BCUT2D eigenvalue weighted by molar-refractivity contribution is -0.143. The second-order valence-electron chi connectivity index (χ2n) is 9.82. The zero-order chi connectivity index (χ0) is 28.3. The minimum Gasteiger partial charge on any atom is -0.351 e. The number of nitrogens with one attached hydrogen (secondary N) is 2. The van der Waals surface area contributed by atoms with Crippen LogP contribution in [-0.4, -0.2) is 24.5 Å². The number of nitroso groups, excluding NO2 is 1. The number of likely N-dealkylation sites (N-methyl/N-ethyl adjacent to an activating group) is 1. The van der Waals surface area contributed by atoms with E-state index in [1.54, 1.807) is 0 Å². The summed E-state index contributed by atoms with van der Waals surface area (Å²) in [7, 11) is 1.84. The van der Waals surface area contributed by atoms with E-state index in [0.717, 1.165) is 19.3 Å². The molecule has 0 spiro atoms. The highest BCUT2D eigenvalue weighted by atomic mass is 19.4. The van der Waals surface area contributed by atoms with E-state index in [2.05, 4.69) is 15.8 Å². The summed E-state index contributed by atoms with van der Waals surface area (Å²) in [6.07, 6.45) is -5.55. The highest BCUT2D eigenvalue weighted by Crippen LogP contribution is 2.44. The van der Waals surface area contributed by atoms with Crippen LogP contribution in [0, 0.1) is 16.6 Å². The van der Waals surface area contributed by atoms with Gasteiger partial charge in [-0.3, -0.25) is 4.79 Å². The van der Waals surface area contributed by atoms with Gasteiger partial charge in [0.1, 0.15) is 12.4 Å². The zero-order valence-corrected chi connectivity index (χ0v) is 20.7. The molecule has 0 aromatic heterocycles. The Hall–Kier alpha value is -3.02. The maximum atomic E-state index is 13.1. The Labute approximate surface area is 215 Å². The Morgan fingerprint density at radius 3 is 2.05 bits per heavy atom. The van der Waals surface area contributed by atoms with Crippen molar-refractivity contribution in [3.8, 4) is 0 Å². The van der Waals surface area contributed by atoms with Crippen LogP contribution in [0.4, 0.5) is 30.7 Å². The monoisotopic (exact) mass is 547 g/mol. The van der Waals surface area contributed by atoms with Crippen molar-refractivity contribution in [1.29, 1.82) is 0 Å². The molecule has 4 rings (SSSR count). The van der Waals surface area contributed by atoms with Gasteiger partial charge >= 0.3 is 12.4 Å². The van der Waals surface area contributed by atoms with Gasteiger partial charge in [0.15, 0.2) is 0 Å². The summed E-state index contributed by atoms with van der Waals surface area (Å²) in [5, 5.41) is 8.58. The minimum atomic E-state index is -4.90. The molecule has 12 heteroatoms. The SMILES string of the molecule is CN[C@]1(C)C[C@H](C2CCCC2c2ccc(F)cc2)NC1=O.O=NCc1cc(C(F)(F)F)cc(C(F)(F)F)c1. The number of alkyl halides is 6. The molecule has 1 amide bonds. The molecule has 4 atom stereocenters. The summed E-state index contributed by atoms with van der Waals surface area (Å²) in [6, 6.07) is 8.01. The van der Waals surface area contributed by atoms with Gasteiger partial charge < -0.3 is 10.6 Å². The first-order valence-electron chi connectivity index (χ1n) is 12.0. The predicted molar refractivity (Wildman–Crippen MR) is 126 cm³/mol. The van der Waals surface area contributed by atoms with E-state index >= 15 is 0 Å². The molecule has 1 aliphatic carbocycles. The molecule has 2 aliphatic rings. The van der Waals surface area contributed by atoms with E-state index in [-0.39, 0.29) is 23.8 Å². The van der Waals surface area contributed by atoms with Crippen molar-refractivity contribution in [2.45, 2.75) is 69.0 Å². The Bertz CT molecular complexity index is 1100. The van der Waals surface area contributed by atoms with Gasteiger partial charge in [-0.1, -0.05) is 23.7 Å². The molecule has 38 heavy (non-hydrogen) atoms. The molecular formula is C26H28F7N3O2. The summed E-state index contributed by atoms with van der Waals surface area (Å²) in [5.74, 6) is 0.787. The van der Waals surface area contributed by atoms with Crippen LogP contribution in [0.3, 0.4) is 0 Å². The average Bonchev–Trinajstić information content (AvgIpc) is 3.44. The van der Waals surface area contributed by atoms with Crippen LogP contribution in [-0.2, 0) is 23.7 Å². The first-order chi connectivity index (χ1) is 17.7. The van der Waals surface area contributed by atoms with Crippen molar-refractivity contribution in [2.24, 2.45) is 11.1 Å². The van der Waals surface area contributed by atoms with Gasteiger partial charge in [-0.15, -0.1) is 0 Å². The van der Waals surface area contributed by atoms with Crippen LogP contribution in [0.15, 0.2) is 47.6 Å². The number of benzene rings is 2. The van der Waals surface area contributed by atoms with Crippen molar-refractivity contribution in [1.82, 2.24) is 10.6 Å². The van der Waals surface area contributed by atoms with E-state index in [1.165, 1.54) is 24.1 Å². The van der Waals surface area contributed by atoms with Crippen molar-refractivity contribution in [3.05, 3.63) is 75.4 Å². The van der Waals surface area contributed by atoms with Gasteiger partial charge in [-0.2, -0.15) is 31.2 Å². The van der Waals surface area contributed by atoms with Crippen LogP contribution in [0.2, 0.25) is 0 Å². The maximum Gasteiger partial charge on any atom is 0.416 e. The summed E-state index contributed by atoms with van der Waals surface area (Å²) >= 11 is 0. The molecule has 2 unspecified atom stereocenters. The fourth-order valence-corrected chi connectivity index (χ4v) is 5.16. The fraction of sp³-hybridized carbons (Fsp3) is 0.500. The molecule has 2 N–H and O–H groups in total. The lowest BCUT2D eigenvalue weighted by Crippen LogP contribution is -2.46. The van der Waals surface area contributed by atoms with Crippen LogP contribution in [0.25, 0.3) is 0 Å². The fourth-order valence-electron chi connectivity index (χ4n) is 5.16.